The van der Waals surface area contributed by atoms with Crippen molar-refractivity contribution in [2.45, 2.75) is 6.92 Å². The number of aromatic hydroxyl groups is 1. The average Bonchev–Trinajstić information content (AvgIpc) is 2.64. The molecule has 1 aromatic heterocycles. The van der Waals surface area contributed by atoms with E-state index in [4.69, 9.17) is 0 Å². The van der Waals surface area contributed by atoms with Crippen molar-refractivity contribution in [2.75, 3.05) is 12.4 Å². The lowest BCUT2D eigenvalue weighted by molar-refractivity contribution is 0.471. The van der Waals surface area contributed by atoms with Crippen molar-refractivity contribution in [1.29, 1.82) is 0 Å². The number of benzene rings is 1. The monoisotopic (exact) mass is 218 g/mol. The number of nitrogens with zero attached hydrogens (tertiary/aromatic N) is 3. The van der Waals surface area contributed by atoms with E-state index >= 15 is 0 Å². The Morgan fingerprint density at radius 1 is 1.31 bits per heavy atom. The van der Waals surface area contributed by atoms with E-state index in [2.05, 4.69) is 15.5 Å². The highest BCUT2D eigenvalue weighted by Crippen LogP contribution is 2.24. The summed E-state index contributed by atoms with van der Waals surface area (Å²) in [6.45, 7) is 1.86. The molecule has 16 heavy (non-hydrogen) atoms. The molecule has 0 unspecified atom stereocenters. The van der Waals surface area contributed by atoms with Gasteiger partial charge in [-0.1, -0.05) is 0 Å². The number of aryl methyl sites for hydroxylation is 1. The Balaban J connectivity index is 2.50. The number of nitrogens with one attached hydrogen (secondary N) is 1. The largest absolute Gasteiger partial charge is 0.508 e. The highest BCUT2D eigenvalue weighted by atomic mass is 16.3. The lowest BCUT2D eigenvalue weighted by Crippen LogP contribution is -1.99. The first-order valence-electron chi connectivity index (χ1n) is 5.00. The zero-order chi connectivity index (χ0) is 11.7. The van der Waals surface area contributed by atoms with E-state index in [-0.39, 0.29) is 0 Å². The first-order chi connectivity index (χ1) is 7.63. The SMILES string of the molecule is CNc1nnc(-c2ccc(O)c(C)c2)n1C. The Kier molecular flexibility index (Phi) is 2.52. The van der Waals surface area contributed by atoms with E-state index in [9.17, 15) is 5.11 Å². The van der Waals surface area contributed by atoms with Crippen LogP contribution in [0.15, 0.2) is 18.2 Å². The Bertz CT molecular complexity index is 519. The first-order valence-corrected chi connectivity index (χ1v) is 5.00. The minimum Gasteiger partial charge on any atom is -0.508 e. The summed E-state index contributed by atoms with van der Waals surface area (Å²) in [5, 5.41) is 20.5. The molecule has 2 rings (SSSR count). The summed E-state index contributed by atoms with van der Waals surface area (Å²) in [5.74, 6) is 1.77. The number of phenolic OH excluding ortho intramolecular Hbond substituents is 1. The molecule has 1 aromatic carbocycles. The first kappa shape index (κ1) is 10.5. The third kappa shape index (κ3) is 1.60. The Hall–Kier alpha value is -2.04. The van der Waals surface area contributed by atoms with Crippen molar-refractivity contribution in [1.82, 2.24) is 14.8 Å². The van der Waals surface area contributed by atoms with E-state index in [1.807, 2.05) is 30.7 Å². The van der Waals surface area contributed by atoms with Gasteiger partial charge in [0.15, 0.2) is 5.82 Å². The maximum absolute atomic E-state index is 9.46. The molecule has 0 radical (unpaired) electrons. The van der Waals surface area contributed by atoms with E-state index in [0.717, 1.165) is 17.0 Å². The lowest BCUT2D eigenvalue weighted by Gasteiger charge is -2.05. The fourth-order valence-corrected chi connectivity index (χ4v) is 1.59. The Labute approximate surface area is 93.8 Å². The van der Waals surface area contributed by atoms with Crippen LogP contribution in [0.25, 0.3) is 11.4 Å². The number of hydrogen-bond acceptors (Lipinski definition) is 4. The molecular formula is C11H14N4O. The zero-order valence-electron chi connectivity index (χ0n) is 9.52. The topological polar surface area (TPSA) is 63.0 Å². The van der Waals surface area contributed by atoms with Gasteiger partial charge in [0.2, 0.25) is 5.95 Å². The summed E-state index contributed by atoms with van der Waals surface area (Å²) < 4.78 is 1.87. The molecule has 0 amide bonds. The normalized spacial score (nSPS) is 10.4. The summed E-state index contributed by atoms with van der Waals surface area (Å²) in [4.78, 5) is 0. The van der Waals surface area contributed by atoms with Crippen LogP contribution in [0.2, 0.25) is 0 Å². The van der Waals surface area contributed by atoms with Crippen LogP contribution in [0.4, 0.5) is 5.95 Å². The van der Waals surface area contributed by atoms with E-state index in [1.165, 1.54) is 0 Å². The summed E-state index contributed by atoms with van der Waals surface area (Å²) in [5.41, 5.74) is 1.76. The molecule has 0 fully saturated rings. The van der Waals surface area contributed by atoms with Gasteiger partial charge in [-0.15, -0.1) is 10.2 Å². The van der Waals surface area contributed by atoms with Crippen LogP contribution in [-0.2, 0) is 7.05 Å². The number of anilines is 1. The van der Waals surface area contributed by atoms with Crippen LogP contribution < -0.4 is 5.32 Å². The zero-order valence-corrected chi connectivity index (χ0v) is 9.52. The van der Waals surface area contributed by atoms with Crippen LogP contribution >= 0.6 is 0 Å². The third-order valence-corrected chi connectivity index (χ3v) is 2.55. The molecule has 0 aliphatic rings. The summed E-state index contributed by atoms with van der Waals surface area (Å²) in [6.07, 6.45) is 0. The Morgan fingerprint density at radius 2 is 2.06 bits per heavy atom. The standard InChI is InChI=1S/C11H14N4O/c1-7-6-8(4-5-9(7)16)10-13-14-11(12-2)15(10)3/h4-6,16H,1-3H3,(H,12,14). The van der Waals surface area contributed by atoms with Crippen molar-refractivity contribution < 1.29 is 5.11 Å². The number of rotatable bonds is 2. The molecule has 2 N–H and O–H groups in total. The van der Waals surface area contributed by atoms with Crippen LogP contribution in [0, 0.1) is 6.92 Å². The highest BCUT2D eigenvalue weighted by molar-refractivity contribution is 5.60. The summed E-state index contributed by atoms with van der Waals surface area (Å²) in [7, 11) is 3.69. The molecule has 0 saturated heterocycles. The number of hydrogen-bond donors (Lipinski definition) is 2. The van der Waals surface area contributed by atoms with E-state index in [1.54, 1.807) is 13.1 Å². The molecule has 2 aromatic rings. The lowest BCUT2D eigenvalue weighted by atomic mass is 10.1. The fourth-order valence-electron chi connectivity index (χ4n) is 1.59. The van der Waals surface area contributed by atoms with Crippen molar-refractivity contribution in [3.63, 3.8) is 0 Å². The second kappa shape index (κ2) is 3.84. The predicted octanol–water partition coefficient (Wildman–Crippen LogP) is 1.54. The van der Waals surface area contributed by atoms with Gasteiger partial charge >= 0.3 is 0 Å². The summed E-state index contributed by atoms with van der Waals surface area (Å²) >= 11 is 0. The third-order valence-electron chi connectivity index (χ3n) is 2.55. The van der Waals surface area contributed by atoms with Gasteiger partial charge in [-0.3, -0.25) is 4.57 Å². The van der Waals surface area contributed by atoms with Gasteiger partial charge in [0, 0.05) is 19.7 Å². The van der Waals surface area contributed by atoms with Gasteiger partial charge in [-0.2, -0.15) is 0 Å². The maximum atomic E-state index is 9.46. The second-order valence-corrected chi connectivity index (χ2v) is 3.66. The van der Waals surface area contributed by atoms with Gasteiger partial charge < -0.3 is 10.4 Å². The molecule has 1 heterocycles. The van der Waals surface area contributed by atoms with Crippen molar-refractivity contribution in [2.24, 2.45) is 7.05 Å². The van der Waals surface area contributed by atoms with Crippen molar-refractivity contribution >= 4 is 5.95 Å². The molecule has 0 aliphatic heterocycles. The van der Waals surface area contributed by atoms with Gasteiger partial charge in [-0.25, -0.2) is 0 Å². The minimum atomic E-state index is 0.291. The number of phenols is 1. The molecule has 5 nitrogen and oxygen atoms in total. The predicted molar refractivity (Wildman–Crippen MR) is 62.4 cm³/mol. The Morgan fingerprint density at radius 3 is 2.62 bits per heavy atom. The highest BCUT2D eigenvalue weighted by Gasteiger charge is 2.10. The molecule has 0 atom stereocenters. The summed E-state index contributed by atoms with van der Waals surface area (Å²) in [6, 6.07) is 5.38. The fraction of sp³-hybridized carbons (Fsp3) is 0.273. The second-order valence-electron chi connectivity index (χ2n) is 3.66. The number of aromatic nitrogens is 3. The van der Waals surface area contributed by atoms with E-state index in [0.29, 0.717) is 11.7 Å². The average molecular weight is 218 g/mol. The van der Waals surface area contributed by atoms with Crippen molar-refractivity contribution in [3.8, 4) is 17.1 Å². The molecule has 0 saturated carbocycles. The molecule has 0 spiro atoms. The smallest absolute Gasteiger partial charge is 0.224 e. The minimum absolute atomic E-state index is 0.291. The molecule has 0 aliphatic carbocycles. The van der Waals surface area contributed by atoms with Gasteiger partial charge in [0.25, 0.3) is 0 Å². The van der Waals surface area contributed by atoms with Gasteiger partial charge in [-0.05, 0) is 30.7 Å². The van der Waals surface area contributed by atoms with Crippen LogP contribution in [-0.4, -0.2) is 26.9 Å². The quantitative estimate of drug-likeness (QED) is 0.802. The van der Waals surface area contributed by atoms with E-state index < -0.39 is 0 Å². The molecule has 5 heteroatoms. The van der Waals surface area contributed by atoms with Gasteiger partial charge in [0.05, 0.1) is 0 Å². The maximum Gasteiger partial charge on any atom is 0.224 e. The van der Waals surface area contributed by atoms with Crippen molar-refractivity contribution in [3.05, 3.63) is 23.8 Å². The van der Waals surface area contributed by atoms with Crippen LogP contribution in [0.3, 0.4) is 0 Å². The van der Waals surface area contributed by atoms with Crippen LogP contribution in [0.5, 0.6) is 5.75 Å². The molecule has 0 bridgehead atoms. The molecule has 84 valence electrons. The molecular weight excluding hydrogens is 204 g/mol. The van der Waals surface area contributed by atoms with Crippen LogP contribution in [0.1, 0.15) is 5.56 Å². The van der Waals surface area contributed by atoms with Gasteiger partial charge in [0.1, 0.15) is 5.75 Å².